The second-order valence-corrected chi connectivity index (χ2v) is 7.66. The molecule has 1 aliphatic rings. The van der Waals surface area contributed by atoms with Crippen molar-refractivity contribution in [3.05, 3.63) is 48.8 Å². The Bertz CT molecular complexity index is 612. The number of rotatable bonds is 1. The summed E-state index contributed by atoms with van der Waals surface area (Å²) in [5.74, 6) is 0.392. The van der Waals surface area contributed by atoms with Crippen LogP contribution >= 0.6 is 43.2 Å². The van der Waals surface area contributed by atoms with Crippen LogP contribution in [0, 0.1) is 5.82 Å². The van der Waals surface area contributed by atoms with Crippen LogP contribution < -0.4 is 10.5 Å². The Labute approximate surface area is 131 Å². The van der Waals surface area contributed by atoms with Crippen LogP contribution in [0.25, 0.3) is 0 Å². The minimum atomic E-state index is -0.280. The van der Waals surface area contributed by atoms with Gasteiger partial charge in [0.05, 0.1) is 3.79 Å². The monoisotopic (exact) mass is 405 g/mol. The van der Waals surface area contributed by atoms with E-state index in [-0.39, 0.29) is 18.0 Å². The Morgan fingerprint density at radius 3 is 2.79 bits per heavy atom. The first-order valence-electron chi connectivity index (χ1n) is 5.71. The molecule has 0 fully saturated rings. The van der Waals surface area contributed by atoms with Crippen molar-refractivity contribution in [3.8, 4) is 5.75 Å². The van der Waals surface area contributed by atoms with E-state index in [1.807, 2.05) is 6.07 Å². The lowest BCUT2D eigenvalue weighted by Gasteiger charge is -2.29. The van der Waals surface area contributed by atoms with Crippen molar-refractivity contribution in [2.75, 3.05) is 0 Å². The summed E-state index contributed by atoms with van der Waals surface area (Å²) >= 11 is 8.56. The lowest BCUT2D eigenvalue weighted by Crippen LogP contribution is -2.23. The van der Waals surface area contributed by atoms with Crippen molar-refractivity contribution in [2.24, 2.45) is 5.73 Å². The van der Waals surface area contributed by atoms with Gasteiger partial charge in [-0.2, -0.15) is 0 Å². The fourth-order valence-electron chi connectivity index (χ4n) is 2.17. The number of benzene rings is 1. The summed E-state index contributed by atoms with van der Waals surface area (Å²) in [6, 6.07) is 6.32. The number of ether oxygens (including phenoxy) is 1. The van der Waals surface area contributed by atoms with E-state index in [0.29, 0.717) is 12.2 Å². The molecule has 1 aliphatic heterocycles. The SMILES string of the molecule is N[C@H]1CC(c2cc(Br)c(Br)s2)Oc2ccc(F)cc21. The van der Waals surface area contributed by atoms with E-state index in [9.17, 15) is 4.39 Å². The van der Waals surface area contributed by atoms with Gasteiger partial charge in [-0.1, -0.05) is 0 Å². The molecular weight excluding hydrogens is 397 g/mol. The smallest absolute Gasteiger partial charge is 0.135 e. The zero-order chi connectivity index (χ0) is 13.6. The number of halogens is 3. The van der Waals surface area contributed by atoms with Gasteiger partial charge in [-0.15, -0.1) is 11.3 Å². The van der Waals surface area contributed by atoms with E-state index >= 15 is 0 Å². The number of fused-ring (bicyclic) bond motifs is 1. The van der Waals surface area contributed by atoms with Gasteiger partial charge in [-0.3, -0.25) is 0 Å². The standard InChI is InChI=1S/C13H10Br2FNOS/c14-8-4-12(19-13(8)15)11-5-9(17)7-3-6(16)1-2-10(7)18-11/h1-4,9,11H,5,17H2/t9-,11?/m0/s1. The molecule has 0 amide bonds. The van der Waals surface area contributed by atoms with E-state index in [1.165, 1.54) is 12.1 Å². The van der Waals surface area contributed by atoms with E-state index in [1.54, 1.807) is 17.4 Å². The van der Waals surface area contributed by atoms with Crippen molar-refractivity contribution >= 4 is 43.2 Å². The first kappa shape index (κ1) is 13.5. The summed E-state index contributed by atoms with van der Waals surface area (Å²) in [6.07, 6.45) is 0.566. The highest BCUT2D eigenvalue weighted by Crippen LogP contribution is 2.44. The predicted octanol–water partition coefficient (Wildman–Crippen LogP) is 4.94. The van der Waals surface area contributed by atoms with Gasteiger partial charge in [0.25, 0.3) is 0 Å². The molecule has 3 rings (SSSR count). The summed E-state index contributed by atoms with van der Waals surface area (Å²) in [7, 11) is 0. The maximum atomic E-state index is 13.2. The molecular formula is C13H10Br2FNOS. The summed E-state index contributed by atoms with van der Waals surface area (Å²) in [5, 5.41) is 0. The molecule has 1 aromatic carbocycles. The van der Waals surface area contributed by atoms with Crippen LogP contribution in [0.1, 0.15) is 29.0 Å². The predicted molar refractivity (Wildman–Crippen MR) is 81.0 cm³/mol. The molecule has 0 aliphatic carbocycles. The van der Waals surface area contributed by atoms with Crippen molar-refractivity contribution in [1.82, 2.24) is 0 Å². The molecule has 2 nitrogen and oxygen atoms in total. The third kappa shape index (κ3) is 2.59. The average Bonchev–Trinajstić information content (AvgIpc) is 2.70. The molecule has 2 atom stereocenters. The fraction of sp³-hybridized carbons (Fsp3) is 0.231. The lowest BCUT2D eigenvalue weighted by molar-refractivity contribution is 0.164. The molecule has 1 unspecified atom stereocenters. The first-order valence-corrected chi connectivity index (χ1v) is 8.11. The van der Waals surface area contributed by atoms with Gasteiger partial charge < -0.3 is 10.5 Å². The van der Waals surface area contributed by atoms with Crippen LogP contribution in [0.4, 0.5) is 4.39 Å². The van der Waals surface area contributed by atoms with E-state index in [4.69, 9.17) is 10.5 Å². The second kappa shape index (κ2) is 5.16. The molecule has 0 saturated heterocycles. The molecule has 0 bridgehead atoms. The quantitative estimate of drug-likeness (QED) is 0.728. The minimum absolute atomic E-state index is 0.0828. The molecule has 0 radical (unpaired) electrons. The molecule has 2 N–H and O–H groups in total. The highest BCUT2D eigenvalue weighted by Gasteiger charge is 2.28. The van der Waals surface area contributed by atoms with Crippen LogP contribution in [-0.4, -0.2) is 0 Å². The summed E-state index contributed by atoms with van der Waals surface area (Å²) < 4.78 is 21.2. The lowest BCUT2D eigenvalue weighted by atomic mass is 9.96. The Morgan fingerprint density at radius 2 is 2.11 bits per heavy atom. The Morgan fingerprint density at radius 1 is 1.32 bits per heavy atom. The van der Waals surface area contributed by atoms with Crippen LogP contribution in [0.3, 0.4) is 0 Å². The van der Waals surface area contributed by atoms with Gasteiger partial charge in [-0.25, -0.2) is 4.39 Å². The van der Waals surface area contributed by atoms with Gasteiger partial charge in [0.2, 0.25) is 0 Å². The normalized spacial score (nSPS) is 21.9. The number of thiophene rings is 1. The summed E-state index contributed by atoms with van der Waals surface area (Å²) in [5.41, 5.74) is 6.86. The average molecular weight is 407 g/mol. The van der Waals surface area contributed by atoms with Crippen molar-refractivity contribution in [2.45, 2.75) is 18.6 Å². The first-order chi connectivity index (χ1) is 9.04. The fourth-order valence-corrected chi connectivity index (χ4v) is 4.30. The van der Waals surface area contributed by atoms with Crippen molar-refractivity contribution < 1.29 is 9.13 Å². The van der Waals surface area contributed by atoms with Gasteiger partial charge in [0.15, 0.2) is 0 Å². The second-order valence-electron chi connectivity index (χ2n) is 4.40. The van der Waals surface area contributed by atoms with Gasteiger partial charge in [-0.05, 0) is 56.1 Å². The molecule has 19 heavy (non-hydrogen) atoms. The number of hydrogen-bond acceptors (Lipinski definition) is 3. The van der Waals surface area contributed by atoms with E-state index < -0.39 is 0 Å². The number of nitrogens with two attached hydrogens (primary N) is 1. The summed E-state index contributed by atoms with van der Waals surface area (Å²) in [6.45, 7) is 0. The van der Waals surface area contributed by atoms with Crippen LogP contribution in [0.2, 0.25) is 0 Å². The highest BCUT2D eigenvalue weighted by molar-refractivity contribution is 9.13. The van der Waals surface area contributed by atoms with Crippen LogP contribution in [0.15, 0.2) is 32.5 Å². The molecule has 6 heteroatoms. The summed E-state index contributed by atoms with van der Waals surface area (Å²) in [4.78, 5) is 1.10. The number of hydrogen-bond donors (Lipinski definition) is 1. The zero-order valence-electron chi connectivity index (χ0n) is 9.70. The molecule has 2 heterocycles. The Hall–Kier alpha value is -0.430. The molecule has 2 aromatic rings. The minimum Gasteiger partial charge on any atom is -0.484 e. The third-order valence-electron chi connectivity index (χ3n) is 3.09. The van der Waals surface area contributed by atoms with Crippen LogP contribution in [-0.2, 0) is 0 Å². The maximum Gasteiger partial charge on any atom is 0.135 e. The van der Waals surface area contributed by atoms with Crippen LogP contribution in [0.5, 0.6) is 5.75 Å². The topological polar surface area (TPSA) is 35.2 Å². The molecule has 1 aromatic heterocycles. The van der Waals surface area contributed by atoms with Gasteiger partial charge in [0, 0.05) is 27.4 Å². The largest absolute Gasteiger partial charge is 0.484 e. The Balaban J connectivity index is 1.94. The van der Waals surface area contributed by atoms with E-state index in [2.05, 4.69) is 31.9 Å². The molecule has 0 saturated carbocycles. The van der Waals surface area contributed by atoms with Crippen molar-refractivity contribution in [3.63, 3.8) is 0 Å². The molecule has 0 spiro atoms. The molecule has 100 valence electrons. The van der Waals surface area contributed by atoms with Gasteiger partial charge >= 0.3 is 0 Å². The third-order valence-corrected chi connectivity index (χ3v) is 6.44. The Kier molecular flexibility index (Phi) is 3.68. The maximum absolute atomic E-state index is 13.2. The highest BCUT2D eigenvalue weighted by atomic mass is 79.9. The van der Waals surface area contributed by atoms with E-state index in [0.717, 1.165) is 18.7 Å². The van der Waals surface area contributed by atoms with Crippen molar-refractivity contribution in [1.29, 1.82) is 0 Å². The van der Waals surface area contributed by atoms with Gasteiger partial charge in [0.1, 0.15) is 17.7 Å². The zero-order valence-corrected chi connectivity index (χ0v) is 13.7.